The van der Waals surface area contributed by atoms with Crippen LogP contribution in [0.1, 0.15) is 0 Å². The molecule has 0 saturated carbocycles. The van der Waals surface area contributed by atoms with Crippen LogP contribution in [-0.2, 0) is 4.74 Å². The SMILES string of the molecule is CN(c1ccccc1[N+](=O)[O-])C1CN(C(CF)CF)CCO1. The van der Waals surface area contributed by atoms with Gasteiger partial charge in [-0.3, -0.25) is 15.0 Å². The second-order valence-corrected chi connectivity index (χ2v) is 5.14. The molecule has 1 saturated heterocycles. The summed E-state index contributed by atoms with van der Waals surface area (Å²) in [7, 11) is 1.68. The Morgan fingerprint density at radius 1 is 1.45 bits per heavy atom. The Morgan fingerprint density at radius 3 is 2.77 bits per heavy atom. The number of hydrogen-bond donors (Lipinski definition) is 0. The topological polar surface area (TPSA) is 58.8 Å². The number of anilines is 1. The summed E-state index contributed by atoms with van der Waals surface area (Å²) in [5.74, 6) is 0. The Labute approximate surface area is 127 Å². The van der Waals surface area contributed by atoms with Crippen LogP contribution in [0.5, 0.6) is 0 Å². The van der Waals surface area contributed by atoms with Crippen LogP contribution in [0.2, 0.25) is 0 Å². The number of benzene rings is 1. The average molecular weight is 315 g/mol. The maximum absolute atomic E-state index is 12.8. The quantitative estimate of drug-likeness (QED) is 0.593. The van der Waals surface area contributed by atoms with Crippen LogP contribution in [0.25, 0.3) is 0 Å². The number of nitrogens with zero attached hydrogens (tertiary/aromatic N) is 3. The van der Waals surface area contributed by atoms with Gasteiger partial charge in [0.05, 0.1) is 17.6 Å². The number of hydrogen-bond acceptors (Lipinski definition) is 5. The Hall–Kier alpha value is -1.80. The molecule has 1 aliphatic heterocycles. The fourth-order valence-corrected chi connectivity index (χ4v) is 2.52. The second kappa shape index (κ2) is 7.46. The second-order valence-electron chi connectivity index (χ2n) is 5.14. The Morgan fingerprint density at radius 2 is 2.14 bits per heavy atom. The molecule has 2 rings (SSSR count). The van der Waals surface area contributed by atoms with E-state index < -0.39 is 30.5 Å². The first-order chi connectivity index (χ1) is 10.6. The maximum Gasteiger partial charge on any atom is 0.292 e. The van der Waals surface area contributed by atoms with Gasteiger partial charge < -0.3 is 9.64 Å². The molecule has 6 nitrogen and oxygen atoms in total. The van der Waals surface area contributed by atoms with Gasteiger partial charge in [-0.2, -0.15) is 0 Å². The summed E-state index contributed by atoms with van der Waals surface area (Å²) in [5.41, 5.74) is 0.384. The van der Waals surface area contributed by atoms with Crippen molar-refractivity contribution < 1.29 is 18.4 Å². The van der Waals surface area contributed by atoms with E-state index in [1.54, 1.807) is 35.0 Å². The van der Waals surface area contributed by atoms with Crippen LogP contribution in [0.15, 0.2) is 24.3 Å². The fraction of sp³-hybridized carbons (Fsp3) is 0.571. The van der Waals surface area contributed by atoms with Crippen LogP contribution in [0.3, 0.4) is 0 Å². The highest BCUT2D eigenvalue weighted by Gasteiger charge is 2.31. The minimum absolute atomic E-state index is 0.0294. The minimum atomic E-state index is -0.787. The normalized spacial score (nSPS) is 19.4. The summed E-state index contributed by atoms with van der Waals surface area (Å²) in [4.78, 5) is 14.0. The van der Waals surface area contributed by atoms with Gasteiger partial charge in [0.15, 0.2) is 0 Å². The smallest absolute Gasteiger partial charge is 0.292 e. The Balaban J connectivity index is 2.15. The molecule has 1 heterocycles. The summed E-state index contributed by atoms with van der Waals surface area (Å²) in [5, 5.41) is 11.1. The van der Waals surface area contributed by atoms with Gasteiger partial charge in [-0.1, -0.05) is 12.1 Å². The summed E-state index contributed by atoms with van der Waals surface area (Å²) in [6.07, 6.45) is -0.490. The van der Waals surface area contributed by atoms with Crippen molar-refractivity contribution in [3.8, 4) is 0 Å². The van der Waals surface area contributed by atoms with Gasteiger partial charge >= 0.3 is 0 Å². The predicted molar refractivity (Wildman–Crippen MR) is 78.6 cm³/mol. The lowest BCUT2D eigenvalue weighted by atomic mass is 10.2. The standard InChI is InChI=1S/C14H19F2N3O3/c1-17(12-4-2-3-5-13(12)19(20)21)14-10-18(6-7-22-14)11(8-15)9-16/h2-5,11,14H,6-10H2,1H3. The lowest BCUT2D eigenvalue weighted by molar-refractivity contribution is -0.384. The maximum atomic E-state index is 12.8. The van der Waals surface area contributed by atoms with Gasteiger partial charge in [0, 0.05) is 26.2 Å². The van der Waals surface area contributed by atoms with Crippen molar-refractivity contribution in [2.45, 2.75) is 12.3 Å². The largest absolute Gasteiger partial charge is 0.356 e. The van der Waals surface area contributed by atoms with Gasteiger partial charge in [0.25, 0.3) is 5.69 Å². The first-order valence-corrected chi connectivity index (χ1v) is 7.02. The Kier molecular flexibility index (Phi) is 5.62. The van der Waals surface area contributed by atoms with Crippen LogP contribution < -0.4 is 4.90 Å². The first kappa shape index (κ1) is 16.6. The number of nitro benzene ring substituents is 1. The van der Waals surface area contributed by atoms with Crippen LogP contribution in [-0.4, -0.2) is 62.2 Å². The predicted octanol–water partition coefficient (Wildman–Crippen LogP) is 2.00. The number of likely N-dealkylation sites (N-methyl/N-ethyl adjacent to an activating group) is 1. The molecule has 1 aromatic carbocycles. The van der Waals surface area contributed by atoms with Gasteiger partial charge in [-0.15, -0.1) is 0 Å². The molecular formula is C14H19F2N3O3. The molecule has 0 aliphatic carbocycles. The van der Waals surface area contributed by atoms with E-state index >= 15 is 0 Å². The van der Waals surface area contributed by atoms with E-state index in [4.69, 9.17) is 4.74 Å². The van der Waals surface area contributed by atoms with E-state index in [1.165, 1.54) is 6.07 Å². The number of rotatable bonds is 6. The molecule has 22 heavy (non-hydrogen) atoms. The number of alkyl halides is 2. The van der Waals surface area contributed by atoms with Crippen molar-refractivity contribution in [3.63, 3.8) is 0 Å². The summed E-state index contributed by atoms with van der Waals surface area (Å²) < 4.78 is 31.3. The zero-order valence-electron chi connectivity index (χ0n) is 12.3. The van der Waals surface area contributed by atoms with Crippen molar-refractivity contribution in [2.24, 2.45) is 0 Å². The molecule has 0 bridgehead atoms. The third-order valence-corrected chi connectivity index (χ3v) is 3.84. The van der Waals surface area contributed by atoms with Crippen molar-refractivity contribution in [2.75, 3.05) is 45.0 Å². The first-order valence-electron chi connectivity index (χ1n) is 7.02. The molecule has 1 unspecified atom stereocenters. The monoisotopic (exact) mass is 315 g/mol. The highest BCUT2D eigenvalue weighted by atomic mass is 19.1. The molecule has 1 fully saturated rings. The van der Waals surface area contributed by atoms with Crippen LogP contribution in [0, 0.1) is 10.1 Å². The molecular weight excluding hydrogens is 296 g/mol. The molecule has 0 N–H and O–H groups in total. The number of halogens is 2. The van der Waals surface area contributed by atoms with Gasteiger partial charge in [-0.05, 0) is 6.07 Å². The molecule has 8 heteroatoms. The molecule has 0 spiro atoms. The molecule has 122 valence electrons. The van der Waals surface area contributed by atoms with E-state index in [-0.39, 0.29) is 5.69 Å². The number of morpholine rings is 1. The third kappa shape index (κ3) is 3.50. The van der Waals surface area contributed by atoms with Crippen molar-refractivity contribution >= 4 is 11.4 Å². The highest BCUT2D eigenvalue weighted by molar-refractivity contribution is 5.62. The average Bonchev–Trinajstić information content (AvgIpc) is 2.55. The van der Waals surface area contributed by atoms with Crippen molar-refractivity contribution in [1.29, 1.82) is 0 Å². The van der Waals surface area contributed by atoms with Gasteiger partial charge in [0.2, 0.25) is 0 Å². The van der Waals surface area contributed by atoms with Crippen LogP contribution >= 0.6 is 0 Å². The van der Waals surface area contributed by atoms with E-state index in [1.807, 2.05) is 0 Å². The number of ether oxygens (including phenoxy) is 1. The highest BCUT2D eigenvalue weighted by Crippen LogP contribution is 2.29. The van der Waals surface area contributed by atoms with E-state index in [2.05, 4.69) is 0 Å². The zero-order chi connectivity index (χ0) is 16.1. The molecule has 0 amide bonds. The summed E-state index contributed by atoms with van der Waals surface area (Å²) in [6, 6.07) is 5.54. The zero-order valence-corrected chi connectivity index (χ0v) is 12.3. The lowest BCUT2D eigenvalue weighted by Crippen LogP contribution is -2.54. The molecule has 1 aromatic rings. The van der Waals surface area contributed by atoms with E-state index in [0.717, 1.165) is 0 Å². The Bertz CT molecular complexity index is 514. The van der Waals surface area contributed by atoms with Crippen LogP contribution in [0.4, 0.5) is 20.2 Å². The van der Waals surface area contributed by atoms with Gasteiger partial charge in [0.1, 0.15) is 25.3 Å². The molecule has 1 aliphatic rings. The summed E-state index contributed by atoms with van der Waals surface area (Å²) >= 11 is 0. The summed E-state index contributed by atoms with van der Waals surface area (Å²) in [6.45, 7) is -0.468. The van der Waals surface area contributed by atoms with Crippen molar-refractivity contribution in [1.82, 2.24) is 4.90 Å². The van der Waals surface area contributed by atoms with E-state index in [9.17, 15) is 18.9 Å². The minimum Gasteiger partial charge on any atom is -0.356 e. The van der Waals surface area contributed by atoms with Crippen molar-refractivity contribution in [3.05, 3.63) is 34.4 Å². The molecule has 1 atom stereocenters. The fourth-order valence-electron chi connectivity index (χ4n) is 2.52. The third-order valence-electron chi connectivity index (χ3n) is 3.84. The molecule has 0 radical (unpaired) electrons. The van der Waals surface area contributed by atoms with Gasteiger partial charge in [-0.25, -0.2) is 8.78 Å². The van der Waals surface area contributed by atoms with E-state index in [0.29, 0.717) is 25.4 Å². The number of nitro groups is 1. The molecule has 0 aromatic heterocycles. The lowest BCUT2D eigenvalue weighted by Gasteiger charge is -2.40. The number of para-hydroxylation sites is 2.